The van der Waals surface area contributed by atoms with E-state index in [-0.39, 0.29) is 390 Å². The Morgan fingerprint density at radius 2 is 0.548 bits per heavy atom. The van der Waals surface area contributed by atoms with Gasteiger partial charge >= 0.3 is 0 Å². The Kier molecular flexibility index (Phi) is 130. The van der Waals surface area contributed by atoms with Gasteiger partial charge in [0.15, 0.2) is 0 Å². The van der Waals surface area contributed by atoms with Crippen LogP contribution in [-0.2, 0) is 0 Å². The summed E-state index contributed by atoms with van der Waals surface area (Å²) in [5.41, 5.74) is 0.0128. The molecule has 0 rings (SSSR count). The van der Waals surface area contributed by atoms with Crippen molar-refractivity contribution in [3.05, 3.63) is 0 Å². The van der Waals surface area contributed by atoms with Crippen LogP contribution in [0.15, 0.2) is 0 Å². The molecule has 0 aliphatic heterocycles. The summed E-state index contributed by atoms with van der Waals surface area (Å²) in [7, 11) is 15.6. The van der Waals surface area contributed by atoms with E-state index >= 15 is 0 Å². The zero-order chi connectivity index (χ0) is 62.6. The van der Waals surface area contributed by atoms with Gasteiger partial charge in [0.05, 0.1) is 48.8 Å². The zero-order valence-electron chi connectivity index (χ0n) is 59.6. The minimum absolute atomic E-state index is 0. The Hall–Kier alpha value is 9.96. The smallest absolute Gasteiger partial charge is 0.0715 e. The predicted octanol–water partition coefficient (Wildman–Crippen LogP) is 6.27. The van der Waals surface area contributed by atoms with E-state index in [1.54, 1.807) is 0 Å². The van der Waals surface area contributed by atoms with Crippen molar-refractivity contribution in [2.24, 2.45) is 45.3 Å². The number of likely N-dealkylation sites (N-methyl/N-ethyl adjacent to an activating group) is 8. The normalized spacial score (nSPS) is 13.7. The summed E-state index contributed by atoms with van der Waals surface area (Å²) in [5.74, 6) is 1.47. The molecule has 12 N–H and O–H groups in total. The summed E-state index contributed by atoms with van der Waals surface area (Å²) in [6, 6.07) is 0. The second kappa shape index (κ2) is 81.9. The number of rotatable bonds is 24. The predicted molar refractivity (Wildman–Crippen MR) is 334 cm³/mol. The largest absolute Gasteiger partial charge is 0.392 e. The first kappa shape index (κ1) is 134. The van der Waals surface area contributed by atoms with Gasteiger partial charge < -0.3 is 81.7 Å². The van der Waals surface area contributed by atoms with E-state index in [4.69, 9.17) is 5.11 Å². The molecule has 0 fully saturated rings. The molecule has 0 aliphatic carbocycles. The summed E-state index contributed by atoms with van der Waals surface area (Å²) in [6.07, 6.45) is -1.69. The van der Waals surface area contributed by atoms with Gasteiger partial charge in [-0.25, -0.2) is 0 Å². The fraction of sp³-hybridized carbons (Fsp3) is 1.00. The quantitative estimate of drug-likeness (QED) is 0.0512. The summed E-state index contributed by atoms with van der Waals surface area (Å²) in [4.78, 5) is 8.22. The standard InChI is InChI=1S/C9H21NO.3C8H19NO.3C7H17NO.C6H15NO.8Gd/c1-6-10(5)7-8(11)9(2,3)4;1-8(2,3)7(10)6-9(4)5;1-5-9-6-7(10)8(2,3)4;1-5-9(4)6-8(10)7(2)3;1-7(2,3)6(9)5-8-4;1-6(2)7(9)5-8(3)4;1-4-8-5-7(9)6(2)3;1-5(2)6(8)4-7-3;;;;;;;;/h8,11H,6-7H2,1-5H3;7,10H,6H2,1-5H3;7,9-10H,5-6H2,1-4H3;7-8,10H,5-6H2,1-4H3;6,8-9H,5H2,1-4H3;6-7,9H,5H2,1-4H3;6-9H,4-5H2,1-3H3;5-8H,4H2,1-3H3;;;;;;;;. The molecule has 0 radical (unpaired) electrons. The number of hydrogen-bond acceptors (Lipinski definition) is 16. The van der Waals surface area contributed by atoms with E-state index in [0.29, 0.717) is 49.9 Å². The molecule has 0 aromatic rings. The van der Waals surface area contributed by atoms with Crippen LogP contribution in [0.25, 0.3) is 0 Å². The van der Waals surface area contributed by atoms with Crippen molar-refractivity contribution in [3.63, 3.8) is 0 Å². The second-order valence-corrected chi connectivity index (χ2v) is 26.7. The average Bonchev–Trinajstić information content (AvgIpc) is 3.27. The van der Waals surface area contributed by atoms with Gasteiger partial charge in [0.25, 0.3) is 0 Å². The van der Waals surface area contributed by atoms with Crippen LogP contribution in [-0.4, -0.2) is 244 Å². The molecule has 0 heterocycles. The fourth-order valence-corrected chi connectivity index (χ4v) is 4.62. The maximum atomic E-state index is 9.65. The average molecular weight is 2360 g/mol. The van der Waals surface area contributed by atoms with Crippen LogP contribution in [0, 0.1) is 365 Å². The molecule has 0 saturated carbocycles. The number of nitrogens with zero attached hydrogens (tertiary/aromatic N) is 4. The summed E-state index contributed by atoms with van der Waals surface area (Å²) >= 11 is 0. The summed E-state index contributed by atoms with van der Waals surface area (Å²) in [6.45, 7) is 58.6. The molecule has 8 atom stereocenters. The Morgan fingerprint density at radius 1 is 0.310 bits per heavy atom. The summed E-state index contributed by atoms with van der Waals surface area (Å²) in [5, 5.41) is 86.8. The van der Waals surface area contributed by atoms with Crippen LogP contribution in [0.2, 0.25) is 0 Å². The van der Waals surface area contributed by atoms with Gasteiger partial charge in [-0.1, -0.05) is 166 Å². The van der Waals surface area contributed by atoms with Crippen LogP contribution in [0.4, 0.5) is 0 Å². The van der Waals surface area contributed by atoms with Crippen molar-refractivity contribution >= 4 is 0 Å². The zero-order valence-corrected chi connectivity index (χ0v) is 77.8. The first-order valence-electron chi connectivity index (χ1n) is 29.0. The Bertz CT molecular complexity index is 1200. The third-order valence-corrected chi connectivity index (χ3v) is 12.2. The topological polar surface area (TPSA) is 223 Å². The molecule has 0 saturated heterocycles. The molecule has 24 heteroatoms. The van der Waals surface area contributed by atoms with E-state index in [1.165, 1.54) is 0 Å². The van der Waals surface area contributed by atoms with Crippen molar-refractivity contribution in [3.8, 4) is 0 Å². The van der Waals surface area contributed by atoms with Gasteiger partial charge in [0, 0.05) is 372 Å². The van der Waals surface area contributed by atoms with Gasteiger partial charge in [-0.05, 0) is 128 Å². The van der Waals surface area contributed by atoms with Gasteiger partial charge in [-0.2, -0.15) is 0 Å². The van der Waals surface area contributed by atoms with Crippen LogP contribution < -0.4 is 21.3 Å². The van der Waals surface area contributed by atoms with Crippen LogP contribution in [0.1, 0.15) is 166 Å². The van der Waals surface area contributed by atoms with Crippen LogP contribution in [0.5, 0.6) is 0 Å². The van der Waals surface area contributed by atoms with Gasteiger partial charge in [-0.3, -0.25) is 0 Å². The van der Waals surface area contributed by atoms with E-state index in [1.807, 2.05) is 198 Å². The first-order chi connectivity index (χ1) is 34.1. The molecule has 84 heavy (non-hydrogen) atoms. The summed E-state index contributed by atoms with van der Waals surface area (Å²) < 4.78 is 0. The van der Waals surface area contributed by atoms with Crippen molar-refractivity contribution in [2.75, 3.05) is 135 Å². The third kappa shape index (κ3) is 108. The number of hydrogen-bond donors (Lipinski definition) is 12. The molecule has 0 amide bonds. The van der Waals surface area contributed by atoms with E-state index in [2.05, 4.69) is 65.7 Å². The van der Waals surface area contributed by atoms with Crippen LogP contribution in [0.3, 0.4) is 0 Å². The molecule has 0 spiro atoms. The maximum Gasteiger partial charge on any atom is 0.0715 e. The van der Waals surface area contributed by atoms with E-state index in [9.17, 15) is 35.7 Å². The van der Waals surface area contributed by atoms with Crippen molar-refractivity contribution < 1.29 is 360 Å². The molecule has 8 unspecified atom stereocenters. The Morgan fingerprint density at radius 3 is 0.738 bits per heavy atom. The first-order valence-corrected chi connectivity index (χ1v) is 29.0. The fourth-order valence-electron chi connectivity index (χ4n) is 4.62. The molecule has 536 valence electrons. The van der Waals surface area contributed by atoms with Crippen molar-refractivity contribution in [1.82, 2.24) is 40.9 Å². The molecular weight excluding hydrogens is 2220 g/mol. The van der Waals surface area contributed by atoms with Crippen molar-refractivity contribution in [2.45, 2.75) is 215 Å². The monoisotopic (exact) mass is 2370 g/mol. The number of nitrogens with one attached hydrogen (secondary N) is 4. The number of aliphatic hydroxyl groups is 8. The molecule has 0 aromatic carbocycles. The van der Waals surface area contributed by atoms with E-state index < -0.39 is 0 Å². The minimum Gasteiger partial charge on any atom is -0.392 e. The van der Waals surface area contributed by atoms with Gasteiger partial charge in [-0.15, -0.1) is 0 Å². The Labute approximate surface area is 780 Å². The van der Waals surface area contributed by atoms with Gasteiger partial charge in [0.1, 0.15) is 0 Å². The Balaban J connectivity index is -0.0000000444. The molecule has 16 nitrogen and oxygen atoms in total. The van der Waals surface area contributed by atoms with Crippen molar-refractivity contribution in [1.29, 1.82) is 0 Å². The van der Waals surface area contributed by atoms with E-state index in [0.717, 1.165) is 52.4 Å². The SMILES string of the molecule is CC(C)C(O)CN(C)C.CCN(C)CC(O)C(C)(C)C.CCN(C)CC(O)C(C)C.CCNCC(O)C(C)(C)C.CCNCC(O)C(C)C.CN(C)CC(O)C(C)(C)C.CNCC(O)C(C)(C)C.CNCC(O)C(C)C.[Gd].[Gd].[Gd].[Gd].[Gd].[Gd].[Gd].[Gd]. The third-order valence-electron chi connectivity index (χ3n) is 12.2. The maximum absolute atomic E-state index is 9.65. The second-order valence-electron chi connectivity index (χ2n) is 26.7. The molecular formula is C60H144Gd8N8O8. The van der Waals surface area contributed by atoms with Gasteiger partial charge in [0.2, 0.25) is 0 Å². The number of aliphatic hydroxyl groups excluding tert-OH is 8. The molecule has 0 aliphatic rings. The molecule has 0 aromatic heterocycles. The molecule has 0 bridgehead atoms. The minimum atomic E-state index is -0.248. The van der Waals surface area contributed by atoms with Crippen LogP contribution >= 0.6 is 0 Å².